The zero-order chi connectivity index (χ0) is 16.7. The van der Waals surface area contributed by atoms with Crippen LogP contribution in [0.5, 0.6) is 5.75 Å². The van der Waals surface area contributed by atoms with Gasteiger partial charge in [-0.25, -0.2) is 9.48 Å². The van der Waals surface area contributed by atoms with E-state index in [1.807, 2.05) is 31.2 Å². The Kier molecular flexibility index (Phi) is 6.10. The number of nitrogens with zero attached hydrogens (tertiary/aromatic N) is 3. The lowest BCUT2D eigenvalue weighted by Gasteiger charge is -2.08. The molecule has 7 nitrogen and oxygen atoms in total. The summed E-state index contributed by atoms with van der Waals surface area (Å²) in [5.41, 5.74) is 1.63. The summed E-state index contributed by atoms with van der Waals surface area (Å²) in [6.07, 6.45) is 1.65. The molecule has 1 heterocycles. The number of ether oxygens (including phenoxy) is 2. The lowest BCUT2D eigenvalue weighted by Crippen LogP contribution is -2.10. The van der Waals surface area contributed by atoms with E-state index < -0.39 is 5.97 Å². The molecule has 0 saturated heterocycles. The van der Waals surface area contributed by atoms with Gasteiger partial charge in [0.1, 0.15) is 5.75 Å². The normalized spacial score (nSPS) is 10.7. The minimum Gasteiger partial charge on any atom is -0.494 e. The van der Waals surface area contributed by atoms with Gasteiger partial charge < -0.3 is 14.6 Å². The summed E-state index contributed by atoms with van der Waals surface area (Å²) in [5, 5.41) is 16.6. The topological polar surface area (TPSA) is 86.5 Å². The van der Waals surface area contributed by atoms with E-state index >= 15 is 0 Å². The molecule has 0 unspecified atom stereocenters. The van der Waals surface area contributed by atoms with Crippen molar-refractivity contribution in [1.82, 2.24) is 15.0 Å². The zero-order valence-electron chi connectivity index (χ0n) is 13.4. The summed E-state index contributed by atoms with van der Waals surface area (Å²) in [7, 11) is 1.51. The zero-order valence-corrected chi connectivity index (χ0v) is 13.4. The maximum atomic E-state index is 11.1. The van der Waals surface area contributed by atoms with E-state index in [1.54, 1.807) is 4.68 Å². The number of aromatic nitrogens is 3. The van der Waals surface area contributed by atoms with Crippen LogP contribution in [-0.4, -0.2) is 39.8 Å². The number of hydrogen-bond acceptors (Lipinski definition) is 5. The van der Waals surface area contributed by atoms with Crippen LogP contribution in [0.2, 0.25) is 0 Å². The fraction of sp³-hybridized carbons (Fsp3) is 0.438. The molecule has 0 radical (unpaired) electrons. The van der Waals surface area contributed by atoms with Crippen LogP contribution < -0.4 is 4.74 Å². The molecule has 1 aromatic carbocycles. The maximum Gasteiger partial charge on any atom is 0.358 e. The van der Waals surface area contributed by atoms with Crippen molar-refractivity contribution in [2.75, 3.05) is 13.7 Å². The average molecular weight is 319 g/mol. The summed E-state index contributed by atoms with van der Waals surface area (Å²) < 4.78 is 12.3. The van der Waals surface area contributed by atoms with E-state index in [2.05, 4.69) is 10.3 Å². The first-order valence-corrected chi connectivity index (χ1v) is 7.46. The lowest BCUT2D eigenvalue weighted by molar-refractivity contribution is 0.0684. The van der Waals surface area contributed by atoms with Crippen molar-refractivity contribution in [1.29, 1.82) is 0 Å². The fourth-order valence-electron chi connectivity index (χ4n) is 2.15. The lowest BCUT2D eigenvalue weighted by atomic mass is 10.2. The second-order valence-corrected chi connectivity index (χ2v) is 5.21. The minimum atomic E-state index is -1.09. The van der Waals surface area contributed by atoms with Gasteiger partial charge in [-0.15, -0.1) is 5.10 Å². The first-order valence-electron chi connectivity index (χ1n) is 7.46. The molecule has 0 amide bonds. The molecule has 1 aromatic heterocycles. The van der Waals surface area contributed by atoms with E-state index in [1.165, 1.54) is 12.7 Å². The van der Waals surface area contributed by atoms with E-state index in [0.717, 1.165) is 18.6 Å². The predicted octanol–water partition coefficient (Wildman–Crippen LogP) is 2.29. The van der Waals surface area contributed by atoms with E-state index in [-0.39, 0.29) is 12.3 Å². The van der Waals surface area contributed by atoms with E-state index in [9.17, 15) is 4.79 Å². The summed E-state index contributed by atoms with van der Waals surface area (Å²) >= 11 is 0. The third kappa shape index (κ3) is 4.79. The molecule has 0 bridgehead atoms. The highest BCUT2D eigenvalue weighted by Gasteiger charge is 2.18. The van der Waals surface area contributed by atoms with Crippen molar-refractivity contribution >= 4 is 5.97 Å². The summed E-state index contributed by atoms with van der Waals surface area (Å²) in [6.45, 7) is 3.39. The Morgan fingerprint density at radius 1 is 1.26 bits per heavy atom. The number of methoxy groups -OCH3 is 1. The average Bonchev–Trinajstić information content (AvgIpc) is 2.92. The van der Waals surface area contributed by atoms with Gasteiger partial charge in [0, 0.05) is 13.7 Å². The Bertz CT molecular complexity index is 637. The highest BCUT2D eigenvalue weighted by Crippen LogP contribution is 2.12. The second-order valence-electron chi connectivity index (χ2n) is 5.21. The molecule has 0 aliphatic rings. The van der Waals surface area contributed by atoms with Crippen LogP contribution in [0.1, 0.15) is 34.6 Å². The fourth-order valence-corrected chi connectivity index (χ4v) is 2.15. The van der Waals surface area contributed by atoms with Gasteiger partial charge in [0.15, 0.2) is 5.69 Å². The Balaban J connectivity index is 1.79. The smallest absolute Gasteiger partial charge is 0.358 e. The SMILES string of the molecule is COCc1c(C(=O)O)nnn1CCCCOc1ccc(C)cc1. The highest BCUT2D eigenvalue weighted by molar-refractivity contribution is 5.86. The first-order chi connectivity index (χ1) is 11.1. The van der Waals surface area contributed by atoms with Gasteiger partial charge in [-0.05, 0) is 31.9 Å². The van der Waals surface area contributed by atoms with Crippen LogP contribution in [0, 0.1) is 6.92 Å². The van der Waals surface area contributed by atoms with Gasteiger partial charge in [0.05, 0.1) is 18.9 Å². The number of aryl methyl sites for hydroxylation is 2. The Labute approximate surface area is 134 Å². The molecule has 0 saturated carbocycles. The standard InChI is InChI=1S/C16H21N3O4/c1-12-5-7-13(8-6-12)23-10-4-3-9-19-14(11-22-2)15(16(20)21)17-18-19/h5-8H,3-4,9-11H2,1-2H3,(H,20,21). The number of unbranched alkanes of at least 4 members (excludes halogenated alkanes) is 1. The molecular weight excluding hydrogens is 298 g/mol. The number of carbonyl (C=O) groups is 1. The van der Waals surface area contributed by atoms with Crippen molar-refractivity contribution in [3.05, 3.63) is 41.2 Å². The quantitative estimate of drug-likeness (QED) is 0.714. The van der Waals surface area contributed by atoms with Crippen LogP contribution in [0.15, 0.2) is 24.3 Å². The van der Waals surface area contributed by atoms with Crippen molar-refractivity contribution < 1.29 is 19.4 Å². The highest BCUT2D eigenvalue weighted by atomic mass is 16.5. The van der Waals surface area contributed by atoms with Crippen LogP contribution in [0.4, 0.5) is 0 Å². The van der Waals surface area contributed by atoms with Crippen LogP contribution in [0.3, 0.4) is 0 Å². The molecule has 2 aromatic rings. The van der Waals surface area contributed by atoms with Gasteiger partial charge in [-0.1, -0.05) is 22.9 Å². The predicted molar refractivity (Wildman–Crippen MR) is 83.6 cm³/mol. The number of rotatable bonds is 9. The molecule has 0 aliphatic heterocycles. The molecule has 2 rings (SSSR count). The Morgan fingerprint density at radius 2 is 2.00 bits per heavy atom. The third-order valence-electron chi connectivity index (χ3n) is 3.38. The van der Waals surface area contributed by atoms with Crippen molar-refractivity contribution in [3.8, 4) is 5.75 Å². The minimum absolute atomic E-state index is 0.0530. The van der Waals surface area contributed by atoms with Gasteiger partial charge in [-0.3, -0.25) is 0 Å². The number of carboxylic acids is 1. The molecular formula is C16H21N3O4. The van der Waals surface area contributed by atoms with Crippen LogP contribution >= 0.6 is 0 Å². The number of hydrogen-bond donors (Lipinski definition) is 1. The number of aromatic carboxylic acids is 1. The molecule has 0 fully saturated rings. The van der Waals surface area contributed by atoms with Gasteiger partial charge in [0.2, 0.25) is 0 Å². The molecule has 0 aliphatic carbocycles. The van der Waals surface area contributed by atoms with E-state index in [0.29, 0.717) is 18.8 Å². The van der Waals surface area contributed by atoms with Gasteiger partial charge >= 0.3 is 5.97 Å². The van der Waals surface area contributed by atoms with Crippen molar-refractivity contribution in [2.24, 2.45) is 0 Å². The molecule has 7 heteroatoms. The largest absolute Gasteiger partial charge is 0.494 e. The summed E-state index contributed by atoms with van der Waals surface area (Å²) in [4.78, 5) is 11.1. The molecule has 23 heavy (non-hydrogen) atoms. The molecule has 124 valence electrons. The van der Waals surface area contributed by atoms with Crippen LogP contribution in [-0.2, 0) is 17.9 Å². The van der Waals surface area contributed by atoms with Crippen molar-refractivity contribution in [3.63, 3.8) is 0 Å². The van der Waals surface area contributed by atoms with Gasteiger partial charge in [-0.2, -0.15) is 0 Å². The number of benzene rings is 1. The number of carboxylic acid groups (broad SMARTS) is 1. The first kappa shape index (κ1) is 17.0. The molecule has 0 spiro atoms. The van der Waals surface area contributed by atoms with Crippen LogP contribution in [0.25, 0.3) is 0 Å². The monoisotopic (exact) mass is 319 g/mol. The summed E-state index contributed by atoms with van der Waals surface area (Å²) in [5.74, 6) is -0.240. The second kappa shape index (κ2) is 8.28. The Morgan fingerprint density at radius 3 is 2.65 bits per heavy atom. The van der Waals surface area contributed by atoms with Gasteiger partial charge in [0.25, 0.3) is 0 Å². The van der Waals surface area contributed by atoms with Crippen molar-refractivity contribution in [2.45, 2.75) is 32.9 Å². The Hall–Kier alpha value is -2.41. The summed E-state index contributed by atoms with van der Waals surface area (Å²) in [6, 6.07) is 7.91. The van der Waals surface area contributed by atoms with E-state index in [4.69, 9.17) is 14.6 Å². The molecule has 1 N–H and O–H groups in total. The molecule has 0 atom stereocenters. The third-order valence-corrected chi connectivity index (χ3v) is 3.38. The maximum absolute atomic E-state index is 11.1.